The van der Waals surface area contributed by atoms with Gasteiger partial charge in [-0.05, 0) is 12.1 Å². The van der Waals surface area contributed by atoms with Crippen molar-refractivity contribution >= 4 is 17.7 Å². The maximum absolute atomic E-state index is 6.31. The molecule has 0 bridgehead atoms. The van der Waals surface area contributed by atoms with E-state index in [1.807, 2.05) is 36.4 Å². The van der Waals surface area contributed by atoms with Crippen molar-refractivity contribution in [1.82, 2.24) is 9.97 Å². The molecule has 0 radical (unpaired) electrons. The Kier molecular flexibility index (Phi) is 5.31. The third kappa shape index (κ3) is 3.80. The number of methoxy groups -OCH3 is 1. The Hall–Kier alpha value is -2.85. The van der Waals surface area contributed by atoms with E-state index in [0.29, 0.717) is 23.3 Å². The van der Waals surface area contributed by atoms with Gasteiger partial charge in [0.1, 0.15) is 12.4 Å². The lowest BCUT2D eigenvalue weighted by molar-refractivity contribution is 0.302. The van der Waals surface area contributed by atoms with Gasteiger partial charge in [-0.1, -0.05) is 48.5 Å². The zero-order valence-electron chi connectivity index (χ0n) is 13.8. The Morgan fingerprint density at radius 1 is 1.16 bits per heavy atom. The van der Waals surface area contributed by atoms with Gasteiger partial charge in [0.15, 0.2) is 0 Å². The van der Waals surface area contributed by atoms with E-state index in [2.05, 4.69) is 16.5 Å². The van der Waals surface area contributed by atoms with Gasteiger partial charge in [-0.25, -0.2) is 4.98 Å². The molecule has 0 saturated carbocycles. The van der Waals surface area contributed by atoms with E-state index in [-0.39, 0.29) is 0 Å². The van der Waals surface area contributed by atoms with Crippen LogP contribution in [0, 0.1) is 0 Å². The molecule has 0 aliphatic rings. The fourth-order valence-electron chi connectivity index (χ4n) is 2.44. The van der Waals surface area contributed by atoms with Crippen molar-refractivity contribution in [2.24, 2.45) is 0 Å². The molecule has 0 saturated heterocycles. The van der Waals surface area contributed by atoms with Crippen molar-refractivity contribution in [3.05, 3.63) is 77.6 Å². The Labute approximate surface area is 151 Å². The van der Waals surface area contributed by atoms with Crippen LogP contribution in [-0.2, 0) is 6.61 Å². The van der Waals surface area contributed by atoms with Crippen LogP contribution in [0.3, 0.4) is 0 Å². The van der Waals surface area contributed by atoms with Crippen LogP contribution in [0.1, 0.15) is 11.1 Å². The monoisotopic (exact) mass is 352 g/mol. The summed E-state index contributed by atoms with van der Waals surface area (Å²) in [6, 6.07) is 13.2. The van der Waals surface area contributed by atoms with Gasteiger partial charge in [-0.15, -0.1) is 0 Å². The lowest BCUT2D eigenvalue weighted by Gasteiger charge is -2.13. The van der Waals surface area contributed by atoms with Crippen molar-refractivity contribution in [3.8, 4) is 22.9 Å². The molecular weight excluding hydrogens is 336 g/mol. The third-order valence-corrected chi connectivity index (χ3v) is 4.03. The first kappa shape index (κ1) is 17.0. The smallest absolute Gasteiger partial charge is 0.213 e. The number of aromatic nitrogens is 2. The SMILES string of the molecule is C=Cc1cc(OC)ncc1OCc1cccnc1-c1ccccc1Cl. The van der Waals surface area contributed by atoms with Crippen LogP contribution in [0.5, 0.6) is 11.6 Å². The van der Waals surface area contributed by atoms with Gasteiger partial charge in [0.2, 0.25) is 5.88 Å². The van der Waals surface area contributed by atoms with Crippen LogP contribution in [0.15, 0.2) is 61.4 Å². The predicted octanol–water partition coefficient (Wildman–Crippen LogP) is 5.03. The normalized spacial score (nSPS) is 10.3. The average Bonchev–Trinajstić information content (AvgIpc) is 2.67. The number of rotatable bonds is 6. The van der Waals surface area contributed by atoms with Gasteiger partial charge in [0.25, 0.3) is 0 Å². The minimum absolute atomic E-state index is 0.337. The van der Waals surface area contributed by atoms with Crippen LogP contribution in [-0.4, -0.2) is 17.1 Å². The Morgan fingerprint density at radius 2 is 2.00 bits per heavy atom. The van der Waals surface area contributed by atoms with Gasteiger partial charge >= 0.3 is 0 Å². The summed E-state index contributed by atoms with van der Waals surface area (Å²) in [4.78, 5) is 8.65. The number of ether oxygens (including phenoxy) is 2. The first-order valence-electron chi connectivity index (χ1n) is 7.71. The number of benzene rings is 1. The Balaban J connectivity index is 1.88. The first-order chi connectivity index (χ1) is 12.2. The summed E-state index contributed by atoms with van der Waals surface area (Å²) in [6.45, 7) is 4.14. The maximum Gasteiger partial charge on any atom is 0.213 e. The summed E-state index contributed by atoms with van der Waals surface area (Å²) < 4.78 is 11.1. The quantitative estimate of drug-likeness (QED) is 0.624. The summed E-state index contributed by atoms with van der Waals surface area (Å²) in [5.74, 6) is 1.14. The molecule has 0 fully saturated rings. The standard InChI is InChI=1S/C20H17ClN2O2/c1-3-14-11-19(24-2)23-12-18(14)25-13-15-7-6-10-22-20(15)16-8-4-5-9-17(16)21/h3-12H,1,13H2,2H3. The minimum atomic E-state index is 0.337. The highest BCUT2D eigenvalue weighted by Crippen LogP contribution is 2.30. The number of hydrogen-bond donors (Lipinski definition) is 0. The molecule has 3 aromatic rings. The summed E-state index contributed by atoms with van der Waals surface area (Å²) in [5, 5.41) is 0.653. The average molecular weight is 353 g/mol. The van der Waals surface area contributed by atoms with Crippen molar-refractivity contribution < 1.29 is 9.47 Å². The highest BCUT2D eigenvalue weighted by molar-refractivity contribution is 6.33. The fraction of sp³-hybridized carbons (Fsp3) is 0.100. The van der Waals surface area contributed by atoms with Crippen LogP contribution in [0.25, 0.3) is 17.3 Å². The zero-order valence-corrected chi connectivity index (χ0v) is 14.5. The van der Waals surface area contributed by atoms with E-state index in [4.69, 9.17) is 21.1 Å². The Bertz CT molecular complexity index is 896. The van der Waals surface area contributed by atoms with E-state index in [1.165, 1.54) is 0 Å². The van der Waals surface area contributed by atoms with Gasteiger partial charge < -0.3 is 9.47 Å². The molecule has 0 N–H and O–H groups in total. The molecule has 1 aromatic carbocycles. The molecule has 3 rings (SSSR count). The molecule has 4 nitrogen and oxygen atoms in total. The largest absolute Gasteiger partial charge is 0.487 e. The van der Waals surface area contributed by atoms with E-state index in [0.717, 1.165) is 22.4 Å². The predicted molar refractivity (Wildman–Crippen MR) is 99.9 cm³/mol. The molecule has 0 unspecified atom stereocenters. The van der Waals surface area contributed by atoms with Crippen molar-refractivity contribution in [2.75, 3.05) is 7.11 Å². The highest BCUT2D eigenvalue weighted by atomic mass is 35.5. The van der Waals surface area contributed by atoms with E-state index in [1.54, 1.807) is 31.6 Å². The van der Waals surface area contributed by atoms with Gasteiger partial charge in [-0.2, -0.15) is 0 Å². The molecule has 126 valence electrons. The van der Waals surface area contributed by atoms with Crippen molar-refractivity contribution in [3.63, 3.8) is 0 Å². The summed E-state index contributed by atoms with van der Waals surface area (Å²) >= 11 is 6.31. The van der Waals surface area contributed by atoms with Crippen molar-refractivity contribution in [1.29, 1.82) is 0 Å². The third-order valence-electron chi connectivity index (χ3n) is 3.71. The molecule has 25 heavy (non-hydrogen) atoms. The second kappa shape index (κ2) is 7.81. The lowest BCUT2D eigenvalue weighted by Crippen LogP contribution is -2.01. The first-order valence-corrected chi connectivity index (χ1v) is 8.08. The van der Waals surface area contributed by atoms with E-state index < -0.39 is 0 Å². The fourth-order valence-corrected chi connectivity index (χ4v) is 2.66. The highest BCUT2D eigenvalue weighted by Gasteiger charge is 2.11. The molecule has 0 atom stereocenters. The Morgan fingerprint density at radius 3 is 2.76 bits per heavy atom. The van der Waals surface area contributed by atoms with Crippen LogP contribution in [0.2, 0.25) is 5.02 Å². The number of hydrogen-bond acceptors (Lipinski definition) is 4. The van der Waals surface area contributed by atoms with Crippen LogP contribution in [0.4, 0.5) is 0 Å². The van der Waals surface area contributed by atoms with Gasteiger partial charge in [-0.3, -0.25) is 4.98 Å². The molecule has 0 spiro atoms. The van der Waals surface area contributed by atoms with E-state index in [9.17, 15) is 0 Å². The second-order valence-electron chi connectivity index (χ2n) is 5.25. The minimum Gasteiger partial charge on any atom is -0.487 e. The number of pyridine rings is 2. The number of halogens is 1. The lowest BCUT2D eigenvalue weighted by atomic mass is 10.1. The van der Waals surface area contributed by atoms with Crippen molar-refractivity contribution in [2.45, 2.75) is 6.61 Å². The maximum atomic E-state index is 6.31. The van der Waals surface area contributed by atoms with E-state index >= 15 is 0 Å². The summed E-state index contributed by atoms with van der Waals surface area (Å²) in [6.07, 6.45) is 5.07. The molecule has 0 amide bonds. The molecule has 2 aromatic heterocycles. The summed E-state index contributed by atoms with van der Waals surface area (Å²) in [5.41, 5.74) is 3.42. The second-order valence-corrected chi connectivity index (χ2v) is 5.66. The molecule has 0 aliphatic heterocycles. The summed E-state index contributed by atoms with van der Waals surface area (Å²) in [7, 11) is 1.57. The zero-order chi connectivity index (χ0) is 17.6. The van der Waals surface area contributed by atoms with Crippen LogP contribution >= 0.6 is 11.6 Å². The van der Waals surface area contributed by atoms with Gasteiger partial charge in [0.05, 0.1) is 19.0 Å². The number of nitrogens with zero attached hydrogens (tertiary/aromatic N) is 2. The molecule has 2 heterocycles. The molecular formula is C20H17ClN2O2. The van der Waals surface area contributed by atoms with Crippen LogP contribution < -0.4 is 9.47 Å². The molecule has 5 heteroatoms. The molecule has 0 aliphatic carbocycles. The van der Waals surface area contributed by atoms with Gasteiger partial charge in [0, 0.05) is 34.0 Å². The topological polar surface area (TPSA) is 44.2 Å².